The predicted molar refractivity (Wildman–Crippen MR) is 93.5 cm³/mol. The first-order chi connectivity index (χ1) is 11.4. The van der Waals surface area contributed by atoms with E-state index >= 15 is 0 Å². The summed E-state index contributed by atoms with van der Waals surface area (Å²) in [6.45, 7) is 12.1. The molecule has 0 aromatic carbocycles. The van der Waals surface area contributed by atoms with Crippen LogP contribution in [0.25, 0.3) is 0 Å². The van der Waals surface area contributed by atoms with Crippen LogP contribution in [-0.2, 0) is 9.59 Å². The van der Waals surface area contributed by atoms with Gasteiger partial charge in [-0.3, -0.25) is 19.4 Å². The second-order valence-electron chi connectivity index (χ2n) is 7.97. The molecule has 0 bridgehead atoms. The van der Waals surface area contributed by atoms with Gasteiger partial charge in [0.1, 0.15) is 0 Å². The van der Waals surface area contributed by atoms with Crippen molar-refractivity contribution in [1.82, 2.24) is 20.0 Å². The van der Waals surface area contributed by atoms with Crippen LogP contribution in [0, 0.1) is 11.8 Å². The van der Waals surface area contributed by atoms with Crippen LogP contribution in [0.3, 0.4) is 0 Å². The van der Waals surface area contributed by atoms with Gasteiger partial charge in [-0.05, 0) is 31.6 Å². The number of carbonyl (C=O) groups excluding carboxylic acids is 2. The maximum atomic E-state index is 12.2. The highest BCUT2D eigenvalue weighted by atomic mass is 16.2. The molecule has 0 radical (unpaired) electrons. The Morgan fingerprint density at radius 3 is 2.38 bits per heavy atom. The average Bonchev–Trinajstić information content (AvgIpc) is 3.32. The van der Waals surface area contributed by atoms with E-state index in [1.54, 1.807) is 6.92 Å². The fourth-order valence-corrected chi connectivity index (χ4v) is 4.24. The van der Waals surface area contributed by atoms with E-state index in [2.05, 4.69) is 29.0 Å². The predicted octanol–water partition coefficient (Wildman–Crippen LogP) is 0.386. The fourth-order valence-electron chi connectivity index (χ4n) is 4.24. The number of amides is 2. The first-order valence-corrected chi connectivity index (χ1v) is 9.45. The molecule has 2 heterocycles. The molecule has 3 rings (SSSR count). The zero-order chi connectivity index (χ0) is 17.3. The summed E-state index contributed by atoms with van der Waals surface area (Å²) >= 11 is 0. The number of nitrogens with one attached hydrogen (secondary N) is 1. The largest absolute Gasteiger partial charge is 0.352 e. The quantitative estimate of drug-likeness (QED) is 0.789. The van der Waals surface area contributed by atoms with Gasteiger partial charge in [0, 0.05) is 58.3 Å². The average molecular weight is 336 g/mol. The lowest BCUT2D eigenvalue weighted by Gasteiger charge is -2.39. The highest BCUT2D eigenvalue weighted by Gasteiger charge is 2.36. The summed E-state index contributed by atoms with van der Waals surface area (Å²) < 4.78 is 0. The summed E-state index contributed by atoms with van der Waals surface area (Å²) in [5, 5.41) is 3.16. The van der Waals surface area contributed by atoms with E-state index in [9.17, 15) is 9.59 Å². The molecule has 1 aliphatic carbocycles. The Morgan fingerprint density at radius 1 is 1.12 bits per heavy atom. The number of rotatable bonds is 5. The molecule has 3 atom stereocenters. The molecule has 0 unspecified atom stereocenters. The Bertz CT molecular complexity index is 472. The van der Waals surface area contributed by atoms with E-state index in [0.29, 0.717) is 30.5 Å². The van der Waals surface area contributed by atoms with Gasteiger partial charge in [-0.15, -0.1) is 0 Å². The molecule has 2 amide bonds. The molecule has 1 saturated carbocycles. The molecule has 0 spiro atoms. The fraction of sp³-hybridized carbons (Fsp3) is 0.889. The van der Waals surface area contributed by atoms with Crippen LogP contribution in [0.2, 0.25) is 0 Å². The lowest BCUT2D eigenvalue weighted by molar-refractivity contribution is -0.131. The van der Waals surface area contributed by atoms with Gasteiger partial charge in [-0.25, -0.2) is 0 Å². The van der Waals surface area contributed by atoms with E-state index in [-0.39, 0.29) is 11.8 Å². The van der Waals surface area contributed by atoms with Crippen molar-refractivity contribution in [3.63, 3.8) is 0 Å². The van der Waals surface area contributed by atoms with Gasteiger partial charge in [0.2, 0.25) is 11.8 Å². The Balaban J connectivity index is 1.44. The van der Waals surface area contributed by atoms with Gasteiger partial charge >= 0.3 is 0 Å². The van der Waals surface area contributed by atoms with Crippen molar-refractivity contribution in [3.05, 3.63) is 0 Å². The minimum atomic E-state index is 0.170. The number of hydrogen-bond donors (Lipinski definition) is 1. The third-order valence-corrected chi connectivity index (χ3v) is 5.96. The van der Waals surface area contributed by atoms with Gasteiger partial charge < -0.3 is 10.2 Å². The van der Waals surface area contributed by atoms with Crippen LogP contribution in [0.4, 0.5) is 0 Å². The van der Waals surface area contributed by atoms with Crippen LogP contribution in [0.15, 0.2) is 0 Å². The van der Waals surface area contributed by atoms with Crippen molar-refractivity contribution < 1.29 is 9.59 Å². The van der Waals surface area contributed by atoms with Gasteiger partial charge in [-0.2, -0.15) is 0 Å². The number of carbonyl (C=O) groups is 2. The highest BCUT2D eigenvalue weighted by Crippen LogP contribution is 2.32. The second kappa shape index (κ2) is 7.40. The smallest absolute Gasteiger partial charge is 0.234 e. The minimum absolute atomic E-state index is 0.170. The number of likely N-dealkylation sites (tertiary alicyclic amines) is 1. The summed E-state index contributed by atoms with van der Waals surface area (Å²) in [5.41, 5.74) is 0. The lowest BCUT2D eigenvalue weighted by atomic mass is 10.0. The summed E-state index contributed by atoms with van der Waals surface area (Å²) in [7, 11) is 0. The van der Waals surface area contributed by atoms with Gasteiger partial charge in [0.05, 0.1) is 6.54 Å². The Kier molecular flexibility index (Phi) is 5.45. The number of hydrogen-bond acceptors (Lipinski definition) is 4. The minimum Gasteiger partial charge on any atom is -0.352 e. The van der Waals surface area contributed by atoms with E-state index < -0.39 is 0 Å². The SMILES string of the molecule is CC(=O)N1CCN([C@@H]2CN(CC(=O)N[C@H](C)C3CC3)C[C@H]2C)CC1. The van der Waals surface area contributed by atoms with Crippen LogP contribution in [-0.4, -0.2) is 84.4 Å². The molecule has 2 saturated heterocycles. The Labute approximate surface area is 145 Å². The van der Waals surface area contributed by atoms with E-state index in [1.807, 2.05) is 4.90 Å². The van der Waals surface area contributed by atoms with Crippen molar-refractivity contribution in [2.24, 2.45) is 11.8 Å². The van der Waals surface area contributed by atoms with E-state index in [0.717, 1.165) is 39.3 Å². The zero-order valence-corrected chi connectivity index (χ0v) is 15.3. The van der Waals surface area contributed by atoms with Crippen LogP contribution in [0.5, 0.6) is 0 Å². The monoisotopic (exact) mass is 336 g/mol. The van der Waals surface area contributed by atoms with Crippen molar-refractivity contribution in [2.45, 2.75) is 45.7 Å². The summed E-state index contributed by atoms with van der Waals surface area (Å²) in [6.07, 6.45) is 2.52. The molecule has 136 valence electrons. The van der Waals surface area contributed by atoms with Crippen molar-refractivity contribution in [2.75, 3.05) is 45.8 Å². The first kappa shape index (κ1) is 17.7. The summed E-state index contributed by atoms with van der Waals surface area (Å²) in [4.78, 5) is 30.4. The van der Waals surface area contributed by atoms with Gasteiger partial charge in [0.25, 0.3) is 0 Å². The molecule has 3 fully saturated rings. The molecule has 24 heavy (non-hydrogen) atoms. The molecule has 1 N–H and O–H groups in total. The summed E-state index contributed by atoms with van der Waals surface area (Å²) in [5.74, 6) is 1.63. The van der Waals surface area contributed by atoms with Crippen LogP contribution < -0.4 is 5.32 Å². The zero-order valence-electron chi connectivity index (χ0n) is 15.3. The van der Waals surface area contributed by atoms with Crippen molar-refractivity contribution >= 4 is 11.8 Å². The number of nitrogens with zero attached hydrogens (tertiary/aromatic N) is 3. The normalized spacial score (nSPS) is 30.4. The third-order valence-electron chi connectivity index (χ3n) is 5.96. The third kappa shape index (κ3) is 4.28. The molecule has 6 nitrogen and oxygen atoms in total. The Morgan fingerprint density at radius 2 is 1.79 bits per heavy atom. The molecular weight excluding hydrogens is 304 g/mol. The molecule has 0 aromatic rings. The lowest BCUT2D eigenvalue weighted by Crippen LogP contribution is -2.53. The van der Waals surface area contributed by atoms with Crippen molar-refractivity contribution in [3.8, 4) is 0 Å². The van der Waals surface area contributed by atoms with Crippen molar-refractivity contribution in [1.29, 1.82) is 0 Å². The maximum Gasteiger partial charge on any atom is 0.234 e. The molecule has 3 aliphatic rings. The topological polar surface area (TPSA) is 55.9 Å². The highest BCUT2D eigenvalue weighted by molar-refractivity contribution is 5.78. The maximum absolute atomic E-state index is 12.2. The molecule has 6 heteroatoms. The standard InChI is InChI=1S/C18H32N4O2/c1-13-10-20(12-18(24)19-14(2)16-4-5-16)11-17(13)22-8-6-21(7-9-22)15(3)23/h13-14,16-17H,4-12H2,1-3H3,(H,19,24)/t13-,14-,17-/m1/s1. The van der Waals surface area contributed by atoms with Gasteiger partial charge in [-0.1, -0.05) is 6.92 Å². The Hall–Kier alpha value is -1.14. The number of piperazine rings is 1. The van der Waals surface area contributed by atoms with E-state index in [1.165, 1.54) is 12.8 Å². The second-order valence-corrected chi connectivity index (χ2v) is 7.97. The van der Waals surface area contributed by atoms with Gasteiger partial charge in [0.15, 0.2) is 0 Å². The van der Waals surface area contributed by atoms with Crippen LogP contribution in [0.1, 0.15) is 33.6 Å². The van der Waals surface area contributed by atoms with E-state index in [4.69, 9.17) is 0 Å². The first-order valence-electron chi connectivity index (χ1n) is 9.45. The molecule has 0 aromatic heterocycles. The molecule has 2 aliphatic heterocycles. The van der Waals surface area contributed by atoms with Crippen LogP contribution >= 0.6 is 0 Å². The molecular formula is C18H32N4O2. The summed E-state index contributed by atoms with van der Waals surface area (Å²) in [6, 6.07) is 0.834.